The lowest BCUT2D eigenvalue weighted by molar-refractivity contribution is 0.668. The number of benzene rings is 11. The predicted octanol–water partition coefficient (Wildman–Crippen LogP) is 18.8. The summed E-state index contributed by atoms with van der Waals surface area (Å²) in [7, 11) is 0. The Hall–Kier alpha value is -10.3. The Bertz CT molecular complexity index is 4640. The van der Waals surface area contributed by atoms with E-state index in [-0.39, 0.29) is 0 Å². The molecule has 6 heteroatoms. The quantitative estimate of drug-likeness (QED) is 0.160. The molecule has 76 heavy (non-hydrogen) atoms. The molecule has 0 saturated carbocycles. The first-order chi connectivity index (χ1) is 37.7. The normalized spacial score (nSPS) is 11.9. The van der Waals surface area contributed by atoms with Crippen LogP contribution in [0.1, 0.15) is 0 Å². The molecule has 6 nitrogen and oxygen atoms in total. The largest absolute Gasteiger partial charge is 0.456 e. The molecule has 16 rings (SSSR count). The first-order valence-electron chi connectivity index (χ1n) is 25.7. The molecule has 16 aromatic rings. The van der Waals surface area contributed by atoms with E-state index in [1.54, 1.807) is 0 Å². The van der Waals surface area contributed by atoms with E-state index in [1.165, 1.54) is 21.5 Å². The van der Waals surface area contributed by atoms with Gasteiger partial charge in [0.1, 0.15) is 22.3 Å². The Morgan fingerprint density at radius 1 is 0.263 bits per heavy atom. The maximum absolute atomic E-state index is 6.50. The molecule has 0 atom stereocenters. The lowest BCUT2D eigenvalue weighted by atomic mass is 9.91. The van der Waals surface area contributed by atoms with Gasteiger partial charge in [0.05, 0.1) is 33.5 Å². The first-order valence-corrected chi connectivity index (χ1v) is 25.7. The second kappa shape index (κ2) is 16.6. The van der Waals surface area contributed by atoms with Crippen molar-refractivity contribution in [3.05, 3.63) is 255 Å². The van der Waals surface area contributed by atoms with Crippen molar-refractivity contribution in [2.75, 3.05) is 0 Å². The highest BCUT2D eigenvalue weighted by Gasteiger charge is 2.22. The van der Waals surface area contributed by atoms with Crippen LogP contribution >= 0.6 is 0 Å². The van der Waals surface area contributed by atoms with Crippen molar-refractivity contribution in [1.29, 1.82) is 0 Å². The lowest BCUT2D eigenvalue weighted by Crippen LogP contribution is -2.02. The van der Waals surface area contributed by atoms with Crippen molar-refractivity contribution in [2.45, 2.75) is 0 Å². The van der Waals surface area contributed by atoms with E-state index < -0.39 is 0 Å². The fraction of sp³-hybridized carbons (Fsp3) is 0. The fourth-order valence-corrected chi connectivity index (χ4v) is 12.0. The third-order valence-corrected chi connectivity index (χ3v) is 15.3. The van der Waals surface area contributed by atoms with Gasteiger partial charge in [-0.1, -0.05) is 164 Å². The van der Waals surface area contributed by atoms with Crippen molar-refractivity contribution < 1.29 is 8.83 Å². The van der Waals surface area contributed by atoms with E-state index >= 15 is 0 Å². The van der Waals surface area contributed by atoms with Gasteiger partial charge in [0.2, 0.25) is 0 Å². The molecule has 0 N–H and O–H groups in total. The molecule has 0 amide bonds. The molecule has 5 heterocycles. The summed E-state index contributed by atoms with van der Waals surface area (Å²) in [5, 5.41) is 9.06. The number of rotatable bonds is 7. The van der Waals surface area contributed by atoms with Gasteiger partial charge in [-0.2, -0.15) is 0 Å². The fourth-order valence-electron chi connectivity index (χ4n) is 12.0. The molecule has 0 unspecified atom stereocenters. The Balaban J connectivity index is 0.991. The average molecular weight is 971 g/mol. The van der Waals surface area contributed by atoms with E-state index in [2.05, 4.69) is 240 Å². The molecule has 0 spiro atoms. The Kier molecular flexibility index (Phi) is 9.23. The van der Waals surface area contributed by atoms with Crippen LogP contribution in [-0.2, 0) is 0 Å². The number of para-hydroxylation sites is 6. The minimum Gasteiger partial charge on any atom is -0.456 e. The van der Waals surface area contributed by atoms with Crippen LogP contribution < -0.4 is 0 Å². The molecule has 5 aromatic heterocycles. The number of aromatic nitrogens is 4. The summed E-state index contributed by atoms with van der Waals surface area (Å²) in [6, 6.07) is 90.4. The van der Waals surface area contributed by atoms with Gasteiger partial charge in [0.15, 0.2) is 5.82 Å². The van der Waals surface area contributed by atoms with Crippen LogP contribution in [0.25, 0.3) is 155 Å². The van der Waals surface area contributed by atoms with Crippen molar-refractivity contribution in [2.24, 2.45) is 0 Å². The summed E-state index contributed by atoms with van der Waals surface area (Å²) in [6.45, 7) is 0. The van der Waals surface area contributed by atoms with Gasteiger partial charge in [-0.3, -0.25) is 0 Å². The summed E-state index contributed by atoms with van der Waals surface area (Å²) >= 11 is 0. The highest BCUT2D eigenvalue weighted by molar-refractivity contribution is 6.15. The van der Waals surface area contributed by atoms with Gasteiger partial charge in [0.25, 0.3) is 0 Å². The standard InChI is InChI=1S/C70H42N4O2/c1-2-18-43(19-3-1)58-42-59(46-39-48(73-60-28-10-4-20-52(60)53-21-5-11-29-61(53)73)41-49(40-46)74-62-30-12-6-22-54(62)55-23-7-13-31-63(55)74)72-70(71-58)47-37-44(50-26-16-34-66-68(50)56-24-8-14-32-64(56)75-66)36-45(38-47)51-27-17-35-67-69(51)57-25-9-15-33-65(57)76-67/h1-42H. The number of nitrogens with zero attached hydrogens (tertiary/aromatic N) is 4. The molecule has 0 radical (unpaired) electrons. The highest BCUT2D eigenvalue weighted by Crippen LogP contribution is 2.44. The summed E-state index contributed by atoms with van der Waals surface area (Å²) in [5.74, 6) is 0.605. The molecule has 11 aromatic carbocycles. The maximum Gasteiger partial charge on any atom is 0.160 e. The zero-order chi connectivity index (χ0) is 49.8. The van der Waals surface area contributed by atoms with Crippen LogP contribution in [0.15, 0.2) is 264 Å². The van der Waals surface area contributed by atoms with E-state index in [1.807, 2.05) is 24.3 Å². The minimum absolute atomic E-state index is 0.605. The molecule has 0 aliphatic rings. The molecule has 0 bridgehead atoms. The summed E-state index contributed by atoms with van der Waals surface area (Å²) in [6.07, 6.45) is 0. The Morgan fingerprint density at radius 2 is 0.645 bits per heavy atom. The van der Waals surface area contributed by atoms with Crippen LogP contribution in [0.2, 0.25) is 0 Å². The third-order valence-electron chi connectivity index (χ3n) is 15.3. The summed E-state index contributed by atoms with van der Waals surface area (Å²) in [5.41, 5.74) is 18.6. The predicted molar refractivity (Wildman–Crippen MR) is 312 cm³/mol. The summed E-state index contributed by atoms with van der Waals surface area (Å²) < 4.78 is 17.8. The SMILES string of the molecule is c1ccc(-c2cc(-c3cc(-n4c5ccccc5c5ccccc54)cc(-n4c5ccccc5c5ccccc54)c3)nc(-c3cc(-c4cccc5oc6ccccc6c45)cc(-c4cccc5oc6ccccc6c45)c3)n2)cc1. The first kappa shape index (κ1) is 42.2. The maximum atomic E-state index is 6.50. The van der Waals surface area contributed by atoms with Crippen LogP contribution in [-0.4, -0.2) is 19.1 Å². The molecular formula is C70H42N4O2. The van der Waals surface area contributed by atoms with Crippen molar-refractivity contribution >= 4 is 87.5 Å². The van der Waals surface area contributed by atoms with Crippen LogP contribution in [0.5, 0.6) is 0 Å². The van der Waals surface area contributed by atoms with Crippen LogP contribution in [0.4, 0.5) is 0 Å². The van der Waals surface area contributed by atoms with E-state index in [0.717, 1.165) is 128 Å². The zero-order valence-corrected chi connectivity index (χ0v) is 40.9. The van der Waals surface area contributed by atoms with Gasteiger partial charge < -0.3 is 18.0 Å². The van der Waals surface area contributed by atoms with Gasteiger partial charge in [-0.25, -0.2) is 9.97 Å². The van der Waals surface area contributed by atoms with Crippen LogP contribution in [0, 0.1) is 0 Å². The molecule has 0 aliphatic heterocycles. The van der Waals surface area contributed by atoms with Gasteiger partial charge >= 0.3 is 0 Å². The zero-order valence-electron chi connectivity index (χ0n) is 40.9. The average Bonchev–Trinajstić information content (AvgIpc) is 4.30. The van der Waals surface area contributed by atoms with E-state index in [0.29, 0.717) is 5.82 Å². The Labute approximate surface area is 435 Å². The van der Waals surface area contributed by atoms with Gasteiger partial charge in [0, 0.05) is 71.2 Å². The molecular weight excluding hydrogens is 929 g/mol. The lowest BCUT2D eigenvalue weighted by Gasteiger charge is -2.17. The smallest absolute Gasteiger partial charge is 0.160 e. The van der Waals surface area contributed by atoms with Crippen molar-refractivity contribution in [3.63, 3.8) is 0 Å². The van der Waals surface area contributed by atoms with Gasteiger partial charge in [-0.05, 0) is 113 Å². The van der Waals surface area contributed by atoms with E-state index in [4.69, 9.17) is 18.8 Å². The number of hydrogen-bond donors (Lipinski definition) is 0. The monoisotopic (exact) mass is 970 g/mol. The third kappa shape index (κ3) is 6.54. The molecule has 0 saturated heterocycles. The number of hydrogen-bond acceptors (Lipinski definition) is 4. The number of fused-ring (bicyclic) bond motifs is 12. The van der Waals surface area contributed by atoms with Crippen molar-refractivity contribution in [3.8, 4) is 67.5 Å². The topological polar surface area (TPSA) is 61.9 Å². The second-order valence-corrected chi connectivity index (χ2v) is 19.7. The number of furan rings is 2. The second-order valence-electron chi connectivity index (χ2n) is 19.7. The molecule has 0 fully saturated rings. The minimum atomic E-state index is 0.605. The van der Waals surface area contributed by atoms with Crippen molar-refractivity contribution in [1.82, 2.24) is 19.1 Å². The molecule has 0 aliphatic carbocycles. The highest BCUT2D eigenvalue weighted by atomic mass is 16.3. The summed E-state index contributed by atoms with van der Waals surface area (Å²) in [4.78, 5) is 11.2. The van der Waals surface area contributed by atoms with E-state index in [9.17, 15) is 0 Å². The van der Waals surface area contributed by atoms with Gasteiger partial charge in [-0.15, -0.1) is 0 Å². The Morgan fingerprint density at radius 3 is 1.12 bits per heavy atom. The molecule has 354 valence electrons. The van der Waals surface area contributed by atoms with Crippen LogP contribution in [0.3, 0.4) is 0 Å².